The van der Waals surface area contributed by atoms with E-state index in [2.05, 4.69) is 10.0 Å². The van der Waals surface area contributed by atoms with Crippen molar-refractivity contribution in [1.82, 2.24) is 4.72 Å². The summed E-state index contributed by atoms with van der Waals surface area (Å²) in [7, 11) is -3.80. The number of amides is 1. The number of anilines is 1. The van der Waals surface area contributed by atoms with Crippen molar-refractivity contribution < 1.29 is 35.9 Å². The van der Waals surface area contributed by atoms with Crippen LogP contribution in [0.3, 0.4) is 0 Å². The first-order chi connectivity index (χ1) is 14.5. The van der Waals surface area contributed by atoms with Crippen molar-refractivity contribution in [2.24, 2.45) is 0 Å². The molecule has 0 aliphatic heterocycles. The predicted molar refractivity (Wildman–Crippen MR) is 105 cm³/mol. The number of carbonyl (C=O) groups excluding carboxylic acids is 2. The molecule has 0 unspecified atom stereocenters. The van der Waals surface area contributed by atoms with E-state index >= 15 is 0 Å². The Morgan fingerprint density at radius 2 is 1.81 bits per heavy atom. The van der Waals surface area contributed by atoms with Crippen molar-refractivity contribution in [3.63, 3.8) is 0 Å². The van der Waals surface area contributed by atoms with E-state index in [4.69, 9.17) is 4.74 Å². The van der Waals surface area contributed by atoms with Crippen molar-refractivity contribution in [3.05, 3.63) is 59.2 Å². The van der Waals surface area contributed by atoms with Gasteiger partial charge in [-0.05, 0) is 49.6 Å². The fraction of sp³-hybridized carbons (Fsp3) is 0.300. The number of para-hydroxylation sites is 1. The zero-order valence-electron chi connectivity index (χ0n) is 16.3. The van der Waals surface area contributed by atoms with Crippen LogP contribution in [0.4, 0.5) is 18.9 Å². The van der Waals surface area contributed by atoms with Crippen LogP contribution in [0.1, 0.15) is 34.3 Å². The van der Waals surface area contributed by atoms with Crippen molar-refractivity contribution >= 4 is 27.6 Å². The van der Waals surface area contributed by atoms with Crippen LogP contribution in [-0.4, -0.2) is 32.9 Å². The van der Waals surface area contributed by atoms with Crippen molar-refractivity contribution in [1.29, 1.82) is 0 Å². The molecule has 31 heavy (non-hydrogen) atoms. The third-order valence-corrected chi connectivity index (χ3v) is 6.00. The molecule has 1 saturated carbocycles. The van der Waals surface area contributed by atoms with Crippen molar-refractivity contribution in [2.75, 3.05) is 11.9 Å². The molecule has 2 aromatic rings. The molecular formula is C20H19F3N2O5S. The molecule has 2 aromatic carbocycles. The summed E-state index contributed by atoms with van der Waals surface area (Å²) in [6.07, 6.45) is -3.18. The van der Waals surface area contributed by atoms with E-state index in [0.29, 0.717) is 5.56 Å². The van der Waals surface area contributed by atoms with Gasteiger partial charge in [-0.1, -0.05) is 18.2 Å². The van der Waals surface area contributed by atoms with Crippen LogP contribution in [0.5, 0.6) is 0 Å². The molecule has 1 aliphatic rings. The van der Waals surface area contributed by atoms with Crippen LogP contribution >= 0.6 is 0 Å². The molecule has 166 valence electrons. The Kier molecular flexibility index (Phi) is 6.37. The molecule has 0 heterocycles. The van der Waals surface area contributed by atoms with Gasteiger partial charge in [0, 0.05) is 6.04 Å². The fourth-order valence-electron chi connectivity index (χ4n) is 2.71. The third-order valence-electron chi connectivity index (χ3n) is 4.48. The number of carbonyl (C=O) groups is 2. The number of ether oxygens (including phenoxy) is 1. The molecule has 1 amide bonds. The van der Waals surface area contributed by atoms with Crippen LogP contribution in [0, 0.1) is 6.92 Å². The summed E-state index contributed by atoms with van der Waals surface area (Å²) in [4.78, 5) is 24.2. The average Bonchev–Trinajstić information content (AvgIpc) is 3.49. The van der Waals surface area contributed by atoms with Gasteiger partial charge in [-0.3, -0.25) is 4.79 Å². The average molecular weight is 456 g/mol. The summed E-state index contributed by atoms with van der Waals surface area (Å²) in [5, 5.41) is 2.06. The van der Waals surface area contributed by atoms with Crippen LogP contribution in [0.15, 0.2) is 47.4 Å². The largest absolute Gasteiger partial charge is 0.452 e. The maximum absolute atomic E-state index is 13.0. The summed E-state index contributed by atoms with van der Waals surface area (Å²) >= 11 is 0. The highest BCUT2D eigenvalue weighted by Gasteiger charge is 2.33. The molecule has 7 nitrogen and oxygen atoms in total. The summed E-state index contributed by atoms with van der Waals surface area (Å²) in [6.45, 7) is 0.711. The standard InChI is InChI=1S/C20H19F3N2O5S/c1-12-6-9-14(31(28,29)25-13-7-8-13)10-15(12)19(27)30-11-18(26)24-17-5-3-2-4-16(17)20(21,22)23/h2-6,9-10,13,25H,7-8,11H2,1H3,(H,24,26). The minimum absolute atomic E-state index is 0.0674. The number of esters is 1. The van der Waals surface area contributed by atoms with E-state index in [1.807, 2.05) is 0 Å². The quantitative estimate of drug-likeness (QED) is 0.623. The Labute approximate surface area is 176 Å². The molecule has 0 saturated heterocycles. The predicted octanol–water partition coefficient (Wildman–Crippen LogP) is 3.25. The lowest BCUT2D eigenvalue weighted by atomic mass is 10.1. The van der Waals surface area contributed by atoms with Gasteiger partial charge < -0.3 is 10.1 Å². The normalized spacial score (nSPS) is 14.2. The Morgan fingerprint density at radius 3 is 2.45 bits per heavy atom. The Balaban J connectivity index is 1.67. The number of aryl methyl sites for hydroxylation is 1. The van der Waals surface area contributed by atoms with E-state index in [-0.39, 0.29) is 16.5 Å². The van der Waals surface area contributed by atoms with E-state index in [9.17, 15) is 31.2 Å². The van der Waals surface area contributed by atoms with Crippen LogP contribution in [0.2, 0.25) is 0 Å². The van der Waals surface area contributed by atoms with Gasteiger partial charge in [-0.2, -0.15) is 13.2 Å². The SMILES string of the molecule is Cc1ccc(S(=O)(=O)NC2CC2)cc1C(=O)OCC(=O)Nc1ccccc1C(F)(F)F. The Hall–Kier alpha value is -2.92. The van der Waals surface area contributed by atoms with Gasteiger partial charge in [0.25, 0.3) is 5.91 Å². The molecule has 0 aromatic heterocycles. The number of alkyl halides is 3. The van der Waals surface area contributed by atoms with E-state index in [1.54, 1.807) is 6.92 Å². The number of hydrogen-bond acceptors (Lipinski definition) is 5. The van der Waals surface area contributed by atoms with Gasteiger partial charge in [-0.25, -0.2) is 17.9 Å². The zero-order chi connectivity index (χ0) is 22.8. The van der Waals surface area contributed by atoms with Gasteiger partial charge in [0.2, 0.25) is 10.0 Å². The third kappa shape index (κ3) is 5.82. The Morgan fingerprint density at radius 1 is 1.13 bits per heavy atom. The monoisotopic (exact) mass is 456 g/mol. The zero-order valence-corrected chi connectivity index (χ0v) is 17.1. The molecule has 0 bridgehead atoms. The van der Waals surface area contributed by atoms with Gasteiger partial charge >= 0.3 is 12.1 Å². The summed E-state index contributed by atoms with van der Waals surface area (Å²) in [5.74, 6) is -1.94. The summed E-state index contributed by atoms with van der Waals surface area (Å²) < 4.78 is 71.1. The topological polar surface area (TPSA) is 102 Å². The lowest BCUT2D eigenvalue weighted by Gasteiger charge is -2.14. The van der Waals surface area contributed by atoms with Crippen LogP contribution in [-0.2, 0) is 25.7 Å². The van der Waals surface area contributed by atoms with Crippen molar-refractivity contribution in [2.45, 2.75) is 36.9 Å². The Bertz CT molecular complexity index is 1110. The number of nitrogens with one attached hydrogen (secondary N) is 2. The minimum atomic E-state index is -4.67. The fourth-order valence-corrected chi connectivity index (χ4v) is 4.04. The molecule has 1 fully saturated rings. The first-order valence-corrected chi connectivity index (χ1v) is 10.7. The molecule has 0 radical (unpaired) electrons. The highest BCUT2D eigenvalue weighted by Crippen LogP contribution is 2.34. The molecule has 3 rings (SSSR count). The van der Waals surface area contributed by atoms with Crippen LogP contribution in [0.25, 0.3) is 0 Å². The number of hydrogen-bond donors (Lipinski definition) is 2. The summed E-state index contributed by atoms with van der Waals surface area (Å²) in [5.41, 5.74) is -1.15. The smallest absolute Gasteiger partial charge is 0.418 e. The molecule has 0 atom stereocenters. The number of halogens is 3. The van der Waals surface area contributed by atoms with Gasteiger partial charge in [-0.15, -0.1) is 0 Å². The van der Waals surface area contributed by atoms with E-state index in [1.165, 1.54) is 24.3 Å². The number of rotatable bonds is 7. The molecular weight excluding hydrogens is 437 g/mol. The molecule has 0 spiro atoms. The molecule has 2 N–H and O–H groups in total. The second kappa shape index (κ2) is 8.67. The number of benzene rings is 2. The van der Waals surface area contributed by atoms with Crippen LogP contribution < -0.4 is 10.0 Å². The molecule has 1 aliphatic carbocycles. The first-order valence-electron chi connectivity index (χ1n) is 9.23. The van der Waals surface area contributed by atoms with Crippen molar-refractivity contribution in [3.8, 4) is 0 Å². The first kappa shape index (κ1) is 22.8. The highest BCUT2D eigenvalue weighted by molar-refractivity contribution is 7.89. The van der Waals surface area contributed by atoms with E-state index in [0.717, 1.165) is 31.0 Å². The highest BCUT2D eigenvalue weighted by atomic mass is 32.2. The van der Waals surface area contributed by atoms with E-state index < -0.39 is 45.9 Å². The van der Waals surface area contributed by atoms with Gasteiger partial charge in [0.1, 0.15) is 0 Å². The minimum Gasteiger partial charge on any atom is -0.452 e. The second-order valence-electron chi connectivity index (χ2n) is 7.04. The molecule has 11 heteroatoms. The summed E-state index contributed by atoms with van der Waals surface area (Å²) in [6, 6.07) is 8.18. The maximum atomic E-state index is 13.0. The lowest BCUT2D eigenvalue weighted by molar-refractivity contribution is -0.137. The maximum Gasteiger partial charge on any atom is 0.418 e. The number of sulfonamides is 1. The van der Waals surface area contributed by atoms with Gasteiger partial charge in [0.15, 0.2) is 6.61 Å². The lowest BCUT2D eigenvalue weighted by Crippen LogP contribution is -2.26. The van der Waals surface area contributed by atoms with Gasteiger partial charge in [0.05, 0.1) is 21.7 Å². The second-order valence-corrected chi connectivity index (χ2v) is 8.75.